The van der Waals surface area contributed by atoms with Crippen molar-refractivity contribution in [3.05, 3.63) is 41.6 Å². The molecule has 0 radical (unpaired) electrons. The number of alkyl halides is 3. The number of nitrogens with one attached hydrogen (secondary N) is 1. The van der Waals surface area contributed by atoms with E-state index in [1.165, 1.54) is 18.6 Å². The van der Waals surface area contributed by atoms with Gasteiger partial charge in [0.25, 0.3) is 0 Å². The molecule has 7 heteroatoms. The molecule has 1 saturated heterocycles. The fraction of sp³-hybridized carbons (Fsp3) is 0.474. The third kappa shape index (κ3) is 4.26. The Balaban J connectivity index is 1.81. The Hall–Kier alpha value is -2.31. The SMILES string of the molecule is CCC1CCCCN1c1cc(C)nc(Nc2ccc(C(F)(F)F)cc2)n1. The lowest BCUT2D eigenvalue weighted by atomic mass is 10.00. The minimum absolute atomic E-state index is 0.403. The largest absolute Gasteiger partial charge is 0.416 e. The van der Waals surface area contributed by atoms with Gasteiger partial charge >= 0.3 is 6.18 Å². The number of hydrogen-bond donors (Lipinski definition) is 1. The van der Waals surface area contributed by atoms with Crippen LogP contribution < -0.4 is 10.2 Å². The molecule has 1 N–H and O–H groups in total. The van der Waals surface area contributed by atoms with E-state index >= 15 is 0 Å². The maximum absolute atomic E-state index is 12.7. The Kier molecular flexibility index (Phi) is 5.34. The number of halogens is 3. The molecular weight excluding hydrogens is 341 g/mol. The molecule has 1 unspecified atom stereocenters. The van der Waals surface area contributed by atoms with E-state index in [4.69, 9.17) is 0 Å². The first-order valence-electron chi connectivity index (χ1n) is 8.93. The molecule has 1 fully saturated rings. The second-order valence-electron chi connectivity index (χ2n) is 6.64. The molecule has 140 valence electrons. The lowest BCUT2D eigenvalue weighted by molar-refractivity contribution is -0.137. The monoisotopic (exact) mass is 364 g/mol. The molecule has 0 saturated carbocycles. The number of benzene rings is 1. The van der Waals surface area contributed by atoms with Crippen molar-refractivity contribution in [2.75, 3.05) is 16.8 Å². The predicted octanol–water partition coefficient (Wildman–Crippen LogP) is 5.32. The van der Waals surface area contributed by atoms with Crippen molar-refractivity contribution in [2.24, 2.45) is 0 Å². The van der Waals surface area contributed by atoms with Gasteiger partial charge in [0.1, 0.15) is 5.82 Å². The van der Waals surface area contributed by atoms with Crippen molar-refractivity contribution in [1.82, 2.24) is 9.97 Å². The molecule has 3 rings (SSSR count). The van der Waals surface area contributed by atoms with Crippen LogP contribution in [0.25, 0.3) is 0 Å². The van der Waals surface area contributed by atoms with Crippen LogP contribution in [0.4, 0.5) is 30.6 Å². The highest BCUT2D eigenvalue weighted by Gasteiger charge is 2.30. The minimum atomic E-state index is -4.34. The standard InChI is InChI=1S/C19H23F3N4/c1-3-16-6-4-5-11-26(16)17-12-13(2)23-18(25-17)24-15-9-7-14(8-10-15)19(20,21)22/h7-10,12,16H,3-6,11H2,1-2H3,(H,23,24,25). The van der Waals surface area contributed by atoms with Gasteiger partial charge in [-0.2, -0.15) is 18.2 Å². The van der Waals surface area contributed by atoms with Crippen LogP contribution in [0.2, 0.25) is 0 Å². The summed E-state index contributed by atoms with van der Waals surface area (Å²) in [6.45, 7) is 5.04. The topological polar surface area (TPSA) is 41.1 Å². The van der Waals surface area contributed by atoms with Gasteiger partial charge in [-0.05, 0) is 56.9 Å². The minimum Gasteiger partial charge on any atom is -0.353 e. The van der Waals surface area contributed by atoms with Gasteiger partial charge in [-0.15, -0.1) is 0 Å². The van der Waals surface area contributed by atoms with Crippen molar-refractivity contribution in [1.29, 1.82) is 0 Å². The summed E-state index contributed by atoms with van der Waals surface area (Å²) in [7, 11) is 0. The van der Waals surface area contributed by atoms with Crippen LogP contribution in [0.15, 0.2) is 30.3 Å². The van der Waals surface area contributed by atoms with Crippen molar-refractivity contribution in [3.8, 4) is 0 Å². The molecule has 0 aliphatic carbocycles. The molecule has 0 spiro atoms. The number of rotatable bonds is 4. The Bertz CT molecular complexity index is 743. The van der Waals surface area contributed by atoms with Crippen LogP contribution in [0.1, 0.15) is 43.9 Å². The molecule has 0 bridgehead atoms. The van der Waals surface area contributed by atoms with E-state index in [2.05, 4.69) is 27.1 Å². The van der Waals surface area contributed by atoms with E-state index in [1.54, 1.807) is 0 Å². The molecule has 2 aromatic rings. The van der Waals surface area contributed by atoms with E-state index in [0.29, 0.717) is 17.7 Å². The molecule has 1 atom stereocenters. The summed E-state index contributed by atoms with van der Waals surface area (Å²) in [6, 6.07) is 7.32. The summed E-state index contributed by atoms with van der Waals surface area (Å²) in [5.74, 6) is 1.28. The first kappa shape index (κ1) is 18.5. The van der Waals surface area contributed by atoms with Gasteiger partial charge in [0.2, 0.25) is 5.95 Å². The zero-order chi connectivity index (χ0) is 18.7. The lowest BCUT2D eigenvalue weighted by Crippen LogP contribution is -2.39. The fourth-order valence-corrected chi connectivity index (χ4v) is 3.35. The number of anilines is 3. The Labute approximate surface area is 151 Å². The Morgan fingerprint density at radius 2 is 1.88 bits per heavy atom. The van der Waals surface area contributed by atoms with Crippen molar-refractivity contribution in [2.45, 2.75) is 51.7 Å². The summed E-state index contributed by atoms with van der Waals surface area (Å²) in [6.07, 6.45) is 0.248. The second-order valence-corrected chi connectivity index (χ2v) is 6.64. The van der Waals surface area contributed by atoms with Gasteiger partial charge in [-0.1, -0.05) is 6.92 Å². The normalized spacial score (nSPS) is 18.0. The molecule has 2 heterocycles. The Morgan fingerprint density at radius 3 is 2.54 bits per heavy atom. The highest BCUT2D eigenvalue weighted by Crippen LogP contribution is 2.31. The van der Waals surface area contributed by atoms with E-state index < -0.39 is 11.7 Å². The van der Waals surface area contributed by atoms with Crippen LogP contribution in [-0.4, -0.2) is 22.6 Å². The summed E-state index contributed by atoms with van der Waals surface area (Å²) in [5.41, 5.74) is 0.679. The summed E-state index contributed by atoms with van der Waals surface area (Å²) >= 11 is 0. The number of aromatic nitrogens is 2. The van der Waals surface area contributed by atoms with Gasteiger partial charge in [-0.3, -0.25) is 0 Å². The van der Waals surface area contributed by atoms with E-state index in [9.17, 15) is 13.2 Å². The fourth-order valence-electron chi connectivity index (χ4n) is 3.35. The molecule has 4 nitrogen and oxygen atoms in total. The molecule has 0 amide bonds. The molecule has 1 aliphatic heterocycles. The van der Waals surface area contributed by atoms with Gasteiger partial charge < -0.3 is 10.2 Å². The Morgan fingerprint density at radius 1 is 1.15 bits per heavy atom. The molecule has 1 aliphatic rings. The summed E-state index contributed by atoms with van der Waals surface area (Å²) < 4.78 is 38.0. The lowest BCUT2D eigenvalue weighted by Gasteiger charge is -2.36. The molecular formula is C19H23F3N4. The number of hydrogen-bond acceptors (Lipinski definition) is 4. The van der Waals surface area contributed by atoms with Crippen molar-refractivity contribution >= 4 is 17.5 Å². The van der Waals surface area contributed by atoms with Crippen LogP contribution in [-0.2, 0) is 6.18 Å². The van der Waals surface area contributed by atoms with Crippen LogP contribution in [0.5, 0.6) is 0 Å². The first-order valence-corrected chi connectivity index (χ1v) is 8.93. The van der Waals surface area contributed by atoms with Gasteiger partial charge in [0, 0.05) is 30.0 Å². The van der Waals surface area contributed by atoms with Crippen LogP contribution in [0.3, 0.4) is 0 Å². The third-order valence-electron chi connectivity index (χ3n) is 4.70. The average Bonchev–Trinajstić information content (AvgIpc) is 2.61. The van der Waals surface area contributed by atoms with E-state index in [0.717, 1.165) is 49.5 Å². The molecule has 26 heavy (non-hydrogen) atoms. The van der Waals surface area contributed by atoms with Gasteiger partial charge in [0.15, 0.2) is 0 Å². The maximum Gasteiger partial charge on any atom is 0.416 e. The number of piperidine rings is 1. The zero-order valence-corrected chi connectivity index (χ0v) is 15.0. The van der Waals surface area contributed by atoms with E-state index in [1.807, 2.05) is 13.0 Å². The van der Waals surface area contributed by atoms with Crippen molar-refractivity contribution in [3.63, 3.8) is 0 Å². The number of aryl methyl sites for hydroxylation is 1. The average molecular weight is 364 g/mol. The van der Waals surface area contributed by atoms with Crippen LogP contribution in [0, 0.1) is 6.92 Å². The highest BCUT2D eigenvalue weighted by atomic mass is 19.4. The van der Waals surface area contributed by atoms with Gasteiger partial charge in [0.05, 0.1) is 5.56 Å². The molecule has 1 aromatic carbocycles. The molecule has 1 aromatic heterocycles. The van der Waals surface area contributed by atoms with Crippen LogP contribution >= 0.6 is 0 Å². The van der Waals surface area contributed by atoms with Gasteiger partial charge in [-0.25, -0.2) is 4.98 Å². The maximum atomic E-state index is 12.7. The van der Waals surface area contributed by atoms with E-state index in [-0.39, 0.29) is 0 Å². The number of nitrogens with zero attached hydrogens (tertiary/aromatic N) is 3. The quantitative estimate of drug-likeness (QED) is 0.797. The first-order chi connectivity index (χ1) is 12.4. The zero-order valence-electron chi connectivity index (χ0n) is 15.0. The second kappa shape index (κ2) is 7.51. The predicted molar refractivity (Wildman–Crippen MR) is 96.8 cm³/mol. The summed E-state index contributed by atoms with van der Waals surface area (Å²) in [4.78, 5) is 11.3. The van der Waals surface area contributed by atoms with Crippen molar-refractivity contribution < 1.29 is 13.2 Å². The smallest absolute Gasteiger partial charge is 0.353 e. The summed E-state index contributed by atoms with van der Waals surface area (Å²) in [5, 5.41) is 3.02. The highest BCUT2D eigenvalue weighted by molar-refractivity contribution is 5.56. The third-order valence-corrected chi connectivity index (χ3v) is 4.70.